The lowest BCUT2D eigenvalue weighted by molar-refractivity contribution is 0.147. The molecule has 0 spiro atoms. The summed E-state index contributed by atoms with van der Waals surface area (Å²) in [5, 5.41) is 2.47. The number of unbranched alkanes of at least 4 members (excludes halogenated alkanes) is 1. The predicted octanol–water partition coefficient (Wildman–Crippen LogP) is 5.17. The minimum absolute atomic E-state index is 0.586. The van der Waals surface area contributed by atoms with Gasteiger partial charge in [0.2, 0.25) is 0 Å². The second-order valence-corrected chi connectivity index (χ2v) is 6.91. The minimum Gasteiger partial charge on any atom is -0.491 e. The van der Waals surface area contributed by atoms with Gasteiger partial charge in [-0.2, -0.15) is 0 Å². The fourth-order valence-electron chi connectivity index (χ4n) is 2.11. The maximum atomic E-state index is 5.82. The minimum atomic E-state index is 0.586. The third kappa shape index (κ3) is 5.04. The van der Waals surface area contributed by atoms with Crippen LogP contribution in [-0.2, 0) is 4.74 Å². The molecule has 0 aromatic heterocycles. The Balaban J connectivity index is 2.14. The van der Waals surface area contributed by atoms with E-state index < -0.39 is 0 Å². The van der Waals surface area contributed by atoms with Crippen LogP contribution in [-0.4, -0.2) is 30.5 Å². The summed E-state index contributed by atoms with van der Waals surface area (Å²) in [6, 6.07) is 12.7. The van der Waals surface area contributed by atoms with E-state index >= 15 is 0 Å². The van der Waals surface area contributed by atoms with Gasteiger partial charge in [0.15, 0.2) is 0 Å². The molecule has 0 radical (unpaired) electrons. The van der Waals surface area contributed by atoms with Gasteiger partial charge < -0.3 is 9.47 Å². The van der Waals surface area contributed by atoms with Gasteiger partial charge in [-0.1, -0.05) is 46.9 Å². The van der Waals surface area contributed by atoms with E-state index in [0.717, 1.165) is 5.75 Å². The molecule has 0 bridgehead atoms. The van der Waals surface area contributed by atoms with Crippen LogP contribution in [0, 0.1) is 0 Å². The molecule has 0 saturated carbocycles. The van der Waals surface area contributed by atoms with Gasteiger partial charge in [0.25, 0.3) is 0 Å². The van der Waals surface area contributed by atoms with Crippen LogP contribution in [0.25, 0.3) is 10.8 Å². The molecule has 0 aliphatic heterocycles. The van der Waals surface area contributed by atoms with E-state index in [2.05, 4.69) is 59.0 Å². The molecule has 0 unspecified atom stereocenters. The fourth-order valence-corrected chi connectivity index (χ4v) is 3.71. The summed E-state index contributed by atoms with van der Waals surface area (Å²) in [5.41, 5.74) is 0. The second kappa shape index (κ2) is 9.54. The smallest absolute Gasteiger partial charge is 0.127 e. The molecule has 2 rings (SSSR count). The number of fused-ring (bicyclic) bond motifs is 1. The van der Waals surface area contributed by atoms with Crippen molar-refractivity contribution in [3.05, 3.63) is 36.4 Å². The predicted molar refractivity (Wildman–Crippen MR) is 100 cm³/mol. The SMILES string of the molecule is COCCOc1ccc(SCCCCI)c2ccccc12. The van der Waals surface area contributed by atoms with Crippen LogP contribution in [0.2, 0.25) is 0 Å². The Bertz CT molecular complexity index is 559. The Labute approximate surface area is 144 Å². The van der Waals surface area contributed by atoms with Crippen molar-refractivity contribution in [2.24, 2.45) is 0 Å². The Morgan fingerprint density at radius 1 is 1.00 bits per heavy atom. The van der Waals surface area contributed by atoms with Gasteiger partial charge in [-0.3, -0.25) is 0 Å². The van der Waals surface area contributed by atoms with Crippen LogP contribution in [0.15, 0.2) is 41.3 Å². The van der Waals surface area contributed by atoms with Crippen molar-refractivity contribution in [2.45, 2.75) is 17.7 Å². The van der Waals surface area contributed by atoms with Crippen molar-refractivity contribution in [1.82, 2.24) is 0 Å². The lowest BCUT2D eigenvalue weighted by Gasteiger charge is -2.12. The van der Waals surface area contributed by atoms with Crippen LogP contribution in [0.3, 0.4) is 0 Å². The quantitative estimate of drug-likeness (QED) is 0.243. The first-order valence-electron chi connectivity index (χ1n) is 7.19. The van der Waals surface area contributed by atoms with Crippen LogP contribution < -0.4 is 4.74 Å². The lowest BCUT2D eigenvalue weighted by Crippen LogP contribution is -2.04. The molecule has 2 aromatic rings. The van der Waals surface area contributed by atoms with Crippen molar-refractivity contribution in [3.8, 4) is 5.75 Å². The van der Waals surface area contributed by atoms with Gasteiger partial charge in [0.1, 0.15) is 12.4 Å². The number of hydrogen-bond acceptors (Lipinski definition) is 3. The number of methoxy groups -OCH3 is 1. The summed E-state index contributed by atoms with van der Waals surface area (Å²) < 4.78 is 12.1. The number of ether oxygens (including phenoxy) is 2. The highest BCUT2D eigenvalue weighted by atomic mass is 127. The summed E-state index contributed by atoms with van der Waals surface area (Å²) >= 11 is 4.38. The molecule has 0 atom stereocenters. The first-order chi connectivity index (χ1) is 10.4. The largest absolute Gasteiger partial charge is 0.491 e. The maximum Gasteiger partial charge on any atom is 0.127 e. The third-order valence-corrected chi connectivity index (χ3v) is 5.10. The Hall–Kier alpha value is -0.460. The topological polar surface area (TPSA) is 18.5 Å². The number of hydrogen-bond donors (Lipinski definition) is 0. The van der Waals surface area contributed by atoms with Crippen LogP contribution in [0.5, 0.6) is 5.75 Å². The highest BCUT2D eigenvalue weighted by Gasteiger charge is 2.07. The summed E-state index contributed by atoms with van der Waals surface area (Å²) in [5.74, 6) is 2.12. The van der Waals surface area contributed by atoms with Crippen molar-refractivity contribution < 1.29 is 9.47 Å². The number of rotatable bonds is 9. The molecule has 0 amide bonds. The van der Waals surface area contributed by atoms with Crippen LogP contribution in [0.1, 0.15) is 12.8 Å². The summed E-state index contributed by atoms with van der Waals surface area (Å²) in [7, 11) is 1.69. The van der Waals surface area contributed by atoms with Crippen molar-refractivity contribution in [1.29, 1.82) is 0 Å². The maximum absolute atomic E-state index is 5.82. The summed E-state index contributed by atoms with van der Waals surface area (Å²) in [6.07, 6.45) is 2.57. The van der Waals surface area contributed by atoms with E-state index in [9.17, 15) is 0 Å². The molecule has 2 nitrogen and oxygen atoms in total. The molecule has 0 aliphatic carbocycles. The van der Waals surface area contributed by atoms with E-state index in [1.54, 1.807) is 7.11 Å². The summed E-state index contributed by atoms with van der Waals surface area (Å²) in [4.78, 5) is 1.35. The van der Waals surface area contributed by atoms with E-state index in [4.69, 9.17) is 9.47 Å². The summed E-state index contributed by atoms with van der Waals surface area (Å²) in [6.45, 7) is 1.20. The standard InChI is InChI=1S/C17H21IO2S/c1-19-11-12-20-16-8-9-17(21-13-5-4-10-18)15-7-3-2-6-14(15)16/h2-3,6-9H,4-5,10-13H2,1H3. The average Bonchev–Trinajstić information content (AvgIpc) is 2.53. The molecule has 114 valence electrons. The van der Waals surface area contributed by atoms with E-state index in [1.165, 1.54) is 38.7 Å². The second-order valence-electron chi connectivity index (χ2n) is 4.69. The molecule has 0 aliphatic rings. The van der Waals surface area contributed by atoms with Gasteiger partial charge >= 0.3 is 0 Å². The molecule has 0 heterocycles. The monoisotopic (exact) mass is 416 g/mol. The van der Waals surface area contributed by atoms with Gasteiger partial charge in [-0.25, -0.2) is 0 Å². The molecule has 4 heteroatoms. The van der Waals surface area contributed by atoms with Gasteiger partial charge in [0, 0.05) is 17.4 Å². The molecule has 21 heavy (non-hydrogen) atoms. The van der Waals surface area contributed by atoms with Crippen molar-refractivity contribution >= 4 is 45.1 Å². The zero-order valence-electron chi connectivity index (χ0n) is 12.3. The molecule has 0 saturated heterocycles. The normalized spacial score (nSPS) is 11.0. The lowest BCUT2D eigenvalue weighted by atomic mass is 10.1. The van der Waals surface area contributed by atoms with E-state index in [0.29, 0.717) is 13.2 Å². The zero-order chi connectivity index (χ0) is 14.9. The van der Waals surface area contributed by atoms with Gasteiger partial charge in [0.05, 0.1) is 6.61 Å². The molecular formula is C17H21IO2S. The average molecular weight is 416 g/mol. The van der Waals surface area contributed by atoms with Crippen LogP contribution in [0.4, 0.5) is 0 Å². The molecular weight excluding hydrogens is 395 g/mol. The molecule has 0 fully saturated rings. The van der Waals surface area contributed by atoms with Crippen molar-refractivity contribution in [3.63, 3.8) is 0 Å². The highest BCUT2D eigenvalue weighted by molar-refractivity contribution is 14.1. The van der Waals surface area contributed by atoms with Gasteiger partial charge in [-0.05, 0) is 40.5 Å². The highest BCUT2D eigenvalue weighted by Crippen LogP contribution is 2.34. The third-order valence-electron chi connectivity index (χ3n) is 3.17. The fraction of sp³-hybridized carbons (Fsp3) is 0.412. The first kappa shape index (κ1) is 16.9. The zero-order valence-corrected chi connectivity index (χ0v) is 15.3. The number of thioether (sulfide) groups is 1. The molecule has 0 N–H and O–H groups in total. The van der Waals surface area contributed by atoms with E-state index in [1.807, 2.05) is 11.8 Å². The first-order valence-corrected chi connectivity index (χ1v) is 9.70. The van der Waals surface area contributed by atoms with Gasteiger partial charge in [-0.15, -0.1) is 11.8 Å². The number of benzene rings is 2. The Kier molecular flexibility index (Phi) is 7.68. The van der Waals surface area contributed by atoms with Crippen molar-refractivity contribution in [2.75, 3.05) is 30.5 Å². The van der Waals surface area contributed by atoms with E-state index in [-0.39, 0.29) is 0 Å². The number of alkyl halides is 1. The Morgan fingerprint density at radius 3 is 2.57 bits per heavy atom. The number of halogens is 1. The Morgan fingerprint density at radius 2 is 1.81 bits per heavy atom. The molecule has 2 aromatic carbocycles. The van der Waals surface area contributed by atoms with Crippen LogP contribution >= 0.6 is 34.4 Å².